The zero-order valence-corrected chi connectivity index (χ0v) is 14.9. The van der Waals surface area contributed by atoms with Crippen molar-refractivity contribution in [2.75, 3.05) is 25.6 Å². The zero-order valence-electron chi connectivity index (χ0n) is 14.9. The van der Waals surface area contributed by atoms with Crippen molar-refractivity contribution in [3.63, 3.8) is 0 Å². The molecule has 0 fully saturated rings. The van der Waals surface area contributed by atoms with Gasteiger partial charge in [0.15, 0.2) is 11.5 Å². The summed E-state index contributed by atoms with van der Waals surface area (Å²) in [5, 5.41) is 8.24. The van der Waals surface area contributed by atoms with Crippen LogP contribution in [-0.4, -0.2) is 31.3 Å². The summed E-state index contributed by atoms with van der Waals surface area (Å²) in [4.78, 5) is 3.62. The Morgan fingerprint density at radius 2 is 1.81 bits per heavy atom. The lowest BCUT2D eigenvalue weighted by atomic mass is 9.91. The highest BCUT2D eigenvalue weighted by Crippen LogP contribution is 2.35. The van der Waals surface area contributed by atoms with Gasteiger partial charge in [0.05, 0.1) is 0 Å². The van der Waals surface area contributed by atoms with E-state index in [1.807, 2.05) is 18.2 Å². The molecule has 1 aromatic heterocycles. The first-order valence-electron chi connectivity index (χ1n) is 9.27. The maximum Gasteiger partial charge on any atom is 0.163 e. The van der Waals surface area contributed by atoms with Crippen LogP contribution in [0, 0.1) is 0 Å². The zero-order chi connectivity index (χ0) is 17.5. The number of hydrogen-bond donors (Lipinski definition) is 3. The molecule has 5 rings (SSSR count). The van der Waals surface area contributed by atoms with Crippen LogP contribution in [0.3, 0.4) is 0 Å². The Kier molecular flexibility index (Phi) is 3.75. The molecule has 5 nitrogen and oxygen atoms in total. The summed E-state index contributed by atoms with van der Waals surface area (Å²) < 4.78 is 11.3. The van der Waals surface area contributed by atoms with Gasteiger partial charge < -0.3 is 25.1 Å². The van der Waals surface area contributed by atoms with Crippen molar-refractivity contribution in [3.05, 3.63) is 47.7 Å². The largest absolute Gasteiger partial charge is 0.486 e. The van der Waals surface area contributed by atoms with Crippen LogP contribution in [0.15, 0.2) is 36.4 Å². The number of aryl methyl sites for hydroxylation is 1. The number of rotatable bonds is 3. The molecule has 5 heteroatoms. The van der Waals surface area contributed by atoms with Crippen LogP contribution in [0.4, 0.5) is 11.4 Å². The van der Waals surface area contributed by atoms with E-state index in [0.717, 1.165) is 35.7 Å². The summed E-state index contributed by atoms with van der Waals surface area (Å²) in [7, 11) is 2.06. The van der Waals surface area contributed by atoms with E-state index in [0.29, 0.717) is 19.3 Å². The SMILES string of the molecule is CNC1CCc2[nH]c3cc(Nc4ccc5c(c4)OCCO5)ccc3c2C1. The van der Waals surface area contributed by atoms with Gasteiger partial charge in [-0.05, 0) is 56.1 Å². The molecule has 134 valence electrons. The fourth-order valence-corrected chi connectivity index (χ4v) is 4.04. The number of anilines is 2. The molecule has 26 heavy (non-hydrogen) atoms. The fourth-order valence-electron chi connectivity index (χ4n) is 4.04. The highest BCUT2D eigenvalue weighted by atomic mass is 16.6. The van der Waals surface area contributed by atoms with Gasteiger partial charge in [0.25, 0.3) is 0 Å². The number of benzene rings is 2. The first-order valence-corrected chi connectivity index (χ1v) is 9.27. The monoisotopic (exact) mass is 349 g/mol. The molecule has 3 aromatic rings. The van der Waals surface area contributed by atoms with Crippen LogP contribution in [0.1, 0.15) is 17.7 Å². The Morgan fingerprint density at radius 1 is 1.00 bits per heavy atom. The Bertz CT molecular complexity index is 963. The third-order valence-corrected chi connectivity index (χ3v) is 5.43. The van der Waals surface area contributed by atoms with Crippen molar-refractivity contribution in [1.29, 1.82) is 0 Å². The Morgan fingerprint density at radius 3 is 2.69 bits per heavy atom. The van der Waals surface area contributed by atoms with E-state index < -0.39 is 0 Å². The molecule has 0 radical (unpaired) electrons. The first-order chi connectivity index (χ1) is 12.8. The van der Waals surface area contributed by atoms with Crippen LogP contribution in [0.25, 0.3) is 10.9 Å². The van der Waals surface area contributed by atoms with E-state index in [1.54, 1.807) is 0 Å². The minimum atomic E-state index is 0.581. The highest BCUT2D eigenvalue weighted by molar-refractivity contribution is 5.88. The predicted molar refractivity (Wildman–Crippen MR) is 104 cm³/mol. The van der Waals surface area contributed by atoms with Gasteiger partial charge in [0.1, 0.15) is 13.2 Å². The van der Waals surface area contributed by atoms with Gasteiger partial charge in [-0.1, -0.05) is 6.07 Å². The van der Waals surface area contributed by atoms with E-state index in [2.05, 4.69) is 40.9 Å². The topological polar surface area (TPSA) is 58.3 Å². The highest BCUT2D eigenvalue weighted by Gasteiger charge is 2.21. The summed E-state index contributed by atoms with van der Waals surface area (Å²) in [6.45, 7) is 1.21. The number of aromatic amines is 1. The van der Waals surface area contributed by atoms with E-state index in [-0.39, 0.29) is 0 Å². The van der Waals surface area contributed by atoms with E-state index in [1.165, 1.54) is 28.6 Å². The average molecular weight is 349 g/mol. The number of nitrogens with one attached hydrogen (secondary N) is 3. The second kappa shape index (κ2) is 6.25. The van der Waals surface area contributed by atoms with E-state index in [4.69, 9.17) is 9.47 Å². The van der Waals surface area contributed by atoms with Crippen molar-refractivity contribution in [2.45, 2.75) is 25.3 Å². The number of H-pyrrole nitrogens is 1. The Labute approximate surface area is 152 Å². The van der Waals surface area contributed by atoms with Gasteiger partial charge in [-0.25, -0.2) is 0 Å². The molecule has 2 heterocycles. The van der Waals surface area contributed by atoms with Gasteiger partial charge in [-0.2, -0.15) is 0 Å². The number of likely N-dealkylation sites (N-methyl/N-ethyl adjacent to an activating group) is 1. The molecule has 1 unspecified atom stereocenters. The number of fused-ring (bicyclic) bond motifs is 4. The lowest BCUT2D eigenvalue weighted by molar-refractivity contribution is 0.171. The molecule has 0 spiro atoms. The molecule has 0 saturated heterocycles. The summed E-state index contributed by atoms with van der Waals surface area (Å²) >= 11 is 0. The van der Waals surface area contributed by atoms with E-state index >= 15 is 0 Å². The van der Waals surface area contributed by atoms with Crippen LogP contribution >= 0.6 is 0 Å². The minimum absolute atomic E-state index is 0.581. The molecule has 1 aliphatic heterocycles. The normalized spacial score (nSPS) is 18.6. The van der Waals surface area contributed by atoms with Gasteiger partial charge in [0.2, 0.25) is 0 Å². The average Bonchev–Trinajstić information content (AvgIpc) is 3.04. The quantitative estimate of drug-likeness (QED) is 0.674. The maximum atomic E-state index is 5.67. The number of ether oxygens (including phenoxy) is 2. The van der Waals surface area contributed by atoms with Crippen LogP contribution in [0.2, 0.25) is 0 Å². The summed E-state index contributed by atoms with van der Waals surface area (Å²) in [6.07, 6.45) is 3.40. The molecule has 3 N–H and O–H groups in total. The summed E-state index contributed by atoms with van der Waals surface area (Å²) in [5.74, 6) is 1.61. The van der Waals surface area contributed by atoms with Gasteiger partial charge in [-0.15, -0.1) is 0 Å². The molecule has 2 aliphatic rings. The van der Waals surface area contributed by atoms with Crippen molar-refractivity contribution < 1.29 is 9.47 Å². The fraction of sp³-hybridized carbons (Fsp3) is 0.333. The molecule has 1 aliphatic carbocycles. The molecule has 0 bridgehead atoms. The number of hydrogen-bond acceptors (Lipinski definition) is 4. The number of aromatic nitrogens is 1. The summed E-state index contributed by atoms with van der Waals surface area (Å²) in [5.41, 5.74) is 6.13. The van der Waals surface area contributed by atoms with Gasteiger partial charge >= 0.3 is 0 Å². The van der Waals surface area contributed by atoms with Crippen LogP contribution in [-0.2, 0) is 12.8 Å². The van der Waals surface area contributed by atoms with Crippen LogP contribution in [0.5, 0.6) is 11.5 Å². The van der Waals surface area contributed by atoms with Crippen LogP contribution < -0.4 is 20.1 Å². The molecular formula is C21H23N3O2. The molecule has 0 saturated carbocycles. The van der Waals surface area contributed by atoms with Crippen molar-refractivity contribution >= 4 is 22.3 Å². The lowest BCUT2D eigenvalue weighted by Crippen LogP contribution is -2.31. The third kappa shape index (κ3) is 2.69. The molecular weight excluding hydrogens is 326 g/mol. The smallest absolute Gasteiger partial charge is 0.163 e. The molecule has 1 atom stereocenters. The second-order valence-corrected chi connectivity index (χ2v) is 7.05. The minimum Gasteiger partial charge on any atom is -0.486 e. The lowest BCUT2D eigenvalue weighted by Gasteiger charge is -2.21. The predicted octanol–water partition coefficient (Wildman–Crippen LogP) is 3.76. The first kappa shape index (κ1) is 15.6. The Balaban J connectivity index is 1.43. The van der Waals surface area contributed by atoms with Crippen molar-refractivity contribution in [3.8, 4) is 11.5 Å². The van der Waals surface area contributed by atoms with Crippen molar-refractivity contribution in [1.82, 2.24) is 10.3 Å². The second-order valence-electron chi connectivity index (χ2n) is 7.05. The van der Waals surface area contributed by atoms with Gasteiger partial charge in [-0.3, -0.25) is 0 Å². The van der Waals surface area contributed by atoms with Gasteiger partial charge in [0, 0.05) is 40.1 Å². The Hall–Kier alpha value is -2.66. The molecule has 2 aromatic carbocycles. The van der Waals surface area contributed by atoms with E-state index in [9.17, 15) is 0 Å². The standard InChI is InChI=1S/C21H23N3O2/c1-22-13-3-6-18-17(10-13)16-5-2-14(11-19(16)24-18)23-15-4-7-20-21(12-15)26-9-8-25-20/h2,4-5,7,11-13,22-24H,3,6,8-10H2,1H3. The molecule has 0 amide bonds. The van der Waals surface area contributed by atoms with Crippen molar-refractivity contribution in [2.24, 2.45) is 0 Å². The summed E-state index contributed by atoms with van der Waals surface area (Å²) in [6, 6.07) is 13.1. The maximum absolute atomic E-state index is 5.67. The third-order valence-electron chi connectivity index (χ3n) is 5.43.